The first-order valence-electron chi connectivity index (χ1n) is 3.48. The molecule has 0 fully saturated rings. The number of carboxylic acids is 1. The maximum Gasteiger partial charge on any atom is 0.387 e. The van der Waals surface area contributed by atoms with Crippen LogP contribution in [0.5, 0.6) is 5.75 Å². The number of halogens is 3. The second-order valence-corrected chi connectivity index (χ2v) is 2.33. The Hall–Kier alpha value is -1.72. The number of benzene rings is 1. The minimum absolute atomic E-state index is 0.414. The van der Waals surface area contributed by atoms with Gasteiger partial charge in [-0.05, 0) is 12.1 Å². The predicted molar refractivity (Wildman–Crippen MR) is 40.0 cm³/mol. The third-order valence-electron chi connectivity index (χ3n) is 1.40. The molecule has 76 valence electrons. The highest BCUT2D eigenvalue weighted by Crippen LogP contribution is 2.18. The normalized spacial score (nSPS) is 10.3. The highest BCUT2D eigenvalue weighted by molar-refractivity contribution is 5.88. The van der Waals surface area contributed by atoms with Gasteiger partial charge in [-0.3, -0.25) is 0 Å². The molecule has 0 aliphatic heterocycles. The minimum Gasteiger partial charge on any atom is -0.478 e. The van der Waals surface area contributed by atoms with E-state index in [1.165, 1.54) is 0 Å². The van der Waals surface area contributed by atoms with E-state index in [0.29, 0.717) is 6.07 Å². The third kappa shape index (κ3) is 2.38. The van der Waals surface area contributed by atoms with Crippen LogP contribution in [-0.4, -0.2) is 17.7 Å². The van der Waals surface area contributed by atoms with Crippen molar-refractivity contribution in [1.82, 2.24) is 0 Å². The summed E-state index contributed by atoms with van der Waals surface area (Å²) in [5, 5.41) is 8.41. The van der Waals surface area contributed by atoms with Crippen molar-refractivity contribution in [3.8, 4) is 5.75 Å². The lowest BCUT2D eigenvalue weighted by atomic mass is 10.2. The average Bonchev–Trinajstić information content (AvgIpc) is 2.01. The van der Waals surface area contributed by atoms with E-state index in [0.717, 1.165) is 12.1 Å². The van der Waals surface area contributed by atoms with Crippen LogP contribution >= 0.6 is 0 Å². The van der Waals surface area contributed by atoms with Crippen LogP contribution < -0.4 is 4.74 Å². The molecule has 0 aromatic heterocycles. The van der Waals surface area contributed by atoms with E-state index in [1.54, 1.807) is 0 Å². The maximum absolute atomic E-state index is 12.8. The number of hydrogen-bond donors (Lipinski definition) is 1. The predicted octanol–water partition coefficient (Wildman–Crippen LogP) is 2.13. The highest BCUT2D eigenvalue weighted by Gasteiger charge is 2.12. The second-order valence-electron chi connectivity index (χ2n) is 2.33. The quantitative estimate of drug-likeness (QED) is 0.823. The van der Waals surface area contributed by atoms with Crippen LogP contribution in [0.2, 0.25) is 0 Å². The van der Waals surface area contributed by atoms with Gasteiger partial charge in [0.05, 0.1) is 5.56 Å². The van der Waals surface area contributed by atoms with Crippen molar-refractivity contribution in [2.45, 2.75) is 6.61 Å². The molecule has 0 spiro atoms. The molecule has 3 nitrogen and oxygen atoms in total. The first-order chi connectivity index (χ1) is 6.50. The zero-order valence-corrected chi connectivity index (χ0v) is 6.71. The number of carbonyl (C=O) groups is 1. The van der Waals surface area contributed by atoms with Crippen molar-refractivity contribution in [3.63, 3.8) is 0 Å². The Bertz CT molecular complexity index is 352. The number of hydrogen-bond acceptors (Lipinski definition) is 2. The smallest absolute Gasteiger partial charge is 0.387 e. The van der Waals surface area contributed by atoms with Crippen molar-refractivity contribution in [3.05, 3.63) is 29.6 Å². The fourth-order valence-corrected chi connectivity index (χ4v) is 0.845. The Morgan fingerprint density at radius 2 is 2.07 bits per heavy atom. The molecule has 1 rings (SSSR count). The van der Waals surface area contributed by atoms with Crippen LogP contribution in [0.25, 0.3) is 0 Å². The molecule has 1 aromatic carbocycles. The molecule has 0 bridgehead atoms. The number of rotatable bonds is 3. The second kappa shape index (κ2) is 3.99. The van der Waals surface area contributed by atoms with Gasteiger partial charge < -0.3 is 9.84 Å². The van der Waals surface area contributed by atoms with Crippen LogP contribution in [-0.2, 0) is 0 Å². The summed E-state index contributed by atoms with van der Waals surface area (Å²) in [5.74, 6) is -3.00. The molecular formula is C8H5F3O3. The van der Waals surface area contributed by atoms with E-state index in [-0.39, 0.29) is 0 Å². The largest absolute Gasteiger partial charge is 0.478 e. The molecule has 0 saturated heterocycles. The van der Waals surface area contributed by atoms with Gasteiger partial charge in [0, 0.05) is 6.07 Å². The molecule has 0 aliphatic carbocycles. The van der Waals surface area contributed by atoms with Gasteiger partial charge in [0.25, 0.3) is 0 Å². The van der Waals surface area contributed by atoms with Crippen LogP contribution in [0.1, 0.15) is 10.4 Å². The zero-order chi connectivity index (χ0) is 10.7. The van der Waals surface area contributed by atoms with Gasteiger partial charge >= 0.3 is 12.6 Å². The lowest BCUT2D eigenvalue weighted by Crippen LogP contribution is -2.04. The Morgan fingerprint density at radius 1 is 1.43 bits per heavy atom. The molecule has 0 unspecified atom stereocenters. The van der Waals surface area contributed by atoms with Gasteiger partial charge in [0.1, 0.15) is 11.6 Å². The van der Waals surface area contributed by atoms with Gasteiger partial charge in [-0.25, -0.2) is 9.18 Å². The summed E-state index contributed by atoms with van der Waals surface area (Å²) in [6.45, 7) is -3.06. The van der Waals surface area contributed by atoms with Crippen molar-refractivity contribution >= 4 is 5.97 Å². The molecule has 0 saturated carbocycles. The van der Waals surface area contributed by atoms with E-state index in [9.17, 15) is 18.0 Å². The van der Waals surface area contributed by atoms with Gasteiger partial charge in [-0.2, -0.15) is 8.78 Å². The Labute approximate surface area is 76.7 Å². The molecule has 0 atom stereocenters. The fourth-order valence-electron chi connectivity index (χ4n) is 0.845. The first kappa shape index (κ1) is 10.4. The zero-order valence-electron chi connectivity index (χ0n) is 6.71. The molecule has 0 heterocycles. The van der Waals surface area contributed by atoms with E-state index < -0.39 is 29.7 Å². The number of carboxylic acid groups (broad SMARTS) is 1. The number of aromatic carboxylic acids is 1. The minimum atomic E-state index is -3.06. The first-order valence-corrected chi connectivity index (χ1v) is 3.48. The molecule has 14 heavy (non-hydrogen) atoms. The van der Waals surface area contributed by atoms with E-state index in [2.05, 4.69) is 4.74 Å². The Balaban J connectivity index is 2.94. The monoisotopic (exact) mass is 206 g/mol. The molecule has 6 heteroatoms. The van der Waals surface area contributed by atoms with Crippen LogP contribution in [0.3, 0.4) is 0 Å². The molecular weight excluding hydrogens is 201 g/mol. The number of ether oxygens (including phenoxy) is 1. The molecule has 1 aromatic rings. The summed E-state index contributed by atoms with van der Waals surface area (Å²) in [7, 11) is 0. The van der Waals surface area contributed by atoms with Gasteiger partial charge in [0.15, 0.2) is 0 Å². The molecule has 1 N–H and O–H groups in total. The Morgan fingerprint density at radius 3 is 2.50 bits per heavy atom. The van der Waals surface area contributed by atoms with Gasteiger partial charge in [-0.15, -0.1) is 0 Å². The lowest BCUT2D eigenvalue weighted by molar-refractivity contribution is -0.0499. The molecule has 0 radical (unpaired) electrons. The standard InChI is InChI=1S/C8H5F3O3/c9-6-3-4(14-8(10)11)1-2-5(6)7(12)13/h1-3,8H,(H,12,13). The average molecular weight is 206 g/mol. The fraction of sp³-hybridized carbons (Fsp3) is 0.125. The SMILES string of the molecule is O=C(O)c1ccc(OC(F)F)cc1F. The molecule has 0 amide bonds. The summed E-state index contributed by atoms with van der Waals surface area (Å²) >= 11 is 0. The molecule has 0 aliphatic rings. The van der Waals surface area contributed by atoms with E-state index in [4.69, 9.17) is 5.11 Å². The van der Waals surface area contributed by atoms with Crippen LogP contribution in [0.4, 0.5) is 13.2 Å². The van der Waals surface area contributed by atoms with E-state index >= 15 is 0 Å². The summed E-state index contributed by atoms with van der Waals surface area (Å²) in [6, 6.07) is 2.41. The van der Waals surface area contributed by atoms with Crippen LogP contribution in [0.15, 0.2) is 18.2 Å². The topological polar surface area (TPSA) is 46.5 Å². The number of alkyl halides is 2. The van der Waals surface area contributed by atoms with E-state index in [1.807, 2.05) is 0 Å². The third-order valence-corrected chi connectivity index (χ3v) is 1.40. The van der Waals surface area contributed by atoms with Crippen molar-refractivity contribution in [2.24, 2.45) is 0 Å². The summed E-state index contributed by atoms with van der Waals surface area (Å²) in [5.41, 5.74) is -0.591. The van der Waals surface area contributed by atoms with Crippen molar-refractivity contribution in [2.75, 3.05) is 0 Å². The summed E-state index contributed by atoms with van der Waals surface area (Å²) in [6.07, 6.45) is 0. The lowest BCUT2D eigenvalue weighted by Gasteiger charge is -2.04. The summed E-state index contributed by atoms with van der Waals surface area (Å²) < 4.78 is 40.0. The maximum atomic E-state index is 12.8. The Kier molecular flexibility index (Phi) is 2.95. The summed E-state index contributed by atoms with van der Waals surface area (Å²) in [4.78, 5) is 10.3. The van der Waals surface area contributed by atoms with Gasteiger partial charge in [0.2, 0.25) is 0 Å². The van der Waals surface area contributed by atoms with Gasteiger partial charge in [-0.1, -0.05) is 0 Å². The van der Waals surface area contributed by atoms with Crippen molar-refractivity contribution in [1.29, 1.82) is 0 Å². The van der Waals surface area contributed by atoms with Crippen molar-refractivity contribution < 1.29 is 27.8 Å². The highest BCUT2D eigenvalue weighted by atomic mass is 19.3. The van der Waals surface area contributed by atoms with Crippen LogP contribution in [0, 0.1) is 5.82 Å².